The topological polar surface area (TPSA) is 102 Å². The van der Waals surface area contributed by atoms with Crippen LogP contribution in [0.15, 0.2) is 42.5 Å². The zero-order valence-corrected chi connectivity index (χ0v) is 20.9. The predicted octanol–water partition coefficient (Wildman–Crippen LogP) is 2.93. The van der Waals surface area contributed by atoms with Gasteiger partial charge in [-0.25, -0.2) is 12.7 Å². The summed E-state index contributed by atoms with van der Waals surface area (Å²) in [6.45, 7) is 4.23. The lowest BCUT2D eigenvalue weighted by molar-refractivity contribution is -0.123. The fourth-order valence-corrected chi connectivity index (χ4v) is 7.45. The molecular weight excluding hydrogens is 450 g/mol. The van der Waals surface area contributed by atoms with E-state index in [-0.39, 0.29) is 32.0 Å². The summed E-state index contributed by atoms with van der Waals surface area (Å²) in [4.78, 5) is 12.3. The van der Waals surface area contributed by atoms with Crippen molar-refractivity contribution in [3.63, 3.8) is 0 Å². The maximum Gasteiger partial charge on any atom is 0.240 e. The molecule has 0 unspecified atom stereocenters. The SMILES string of the molecule is CNCc1cccc(-c2ccc(C3CCN(S(=O)(=O)C4(C(N)=O)CCOCC4)CC3)cc2C)c1. The molecule has 0 bridgehead atoms. The van der Waals surface area contributed by atoms with Gasteiger partial charge in [-0.2, -0.15) is 0 Å². The van der Waals surface area contributed by atoms with Gasteiger partial charge >= 0.3 is 0 Å². The van der Waals surface area contributed by atoms with Crippen LogP contribution in [0.25, 0.3) is 11.1 Å². The van der Waals surface area contributed by atoms with Crippen LogP contribution in [-0.4, -0.2) is 56.7 Å². The predicted molar refractivity (Wildman–Crippen MR) is 134 cm³/mol. The second-order valence-corrected chi connectivity index (χ2v) is 11.7. The van der Waals surface area contributed by atoms with Gasteiger partial charge in [0.1, 0.15) is 0 Å². The van der Waals surface area contributed by atoms with Gasteiger partial charge in [0.05, 0.1) is 0 Å². The van der Waals surface area contributed by atoms with E-state index in [2.05, 4.69) is 54.7 Å². The maximum absolute atomic E-state index is 13.4. The molecule has 3 N–H and O–H groups in total. The number of nitrogens with one attached hydrogen (secondary N) is 1. The molecule has 0 atom stereocenters. The number of nitrogens with zero attached hydrogens (tertiary/aromatic N) is 1. The van der Waals surface area contributed by atoms with Crippen LogP contribution in [0.5, 0.6) is 0 Å². The van der Waals surface area contributed by atoms with Crippen molar-refractivity contribution in [2.45, 2.75) is 49.8 Å². The number of rotatable bonds is 7. The fraction of sp³-hybridized carbons (Fsp3) is 0.500. The van der Waals surface area contributed by atoms with Crippen molar-refractivity contribution in [2.24, 2.45) is 5.73 Å². The molecule has 2 saturated heterocycles. The molecule has 0 saturated carbocycles. The summed E-state index contributed by atoms with van der Waals surface area (Å²) in [5.41, 5.74) is 11.7. The number of aryl methyl sites for hydroxylation is 1. The van der Waals surface area contributed by atoms with E-state index in [9.17, 15) is 13.2 Å². The van der Waals surface area contributed by atoms with Crippen LogP contribution in [0.3, 0.4) is 0 Å². The number of piperidine rings is 1. The molecule has 2 fully saturated rings. The smallest absolute Gasteiger partial charge is 0.240 e. The number of hydrogen-bond donors (Lipinski definition) is 2. The highest BCUT2D eigenvalue weighted by atomic mass is 32.2. The number of nitrogens with two attached hydrogens (primary N) is 1. The number of primary amides is 1. The molecule has 1 amide bonds. The first kappa shape index (κ1) is 24.9. The van der Waals surface area contributed by atoms with E-state index in [0.29, 0.717) is 13.1 Å². The minimum absolute atomic E-state index is 0.126. The summed E-state index contributed by atoms with van der Waals surface area (Å²) in [6, 6.07) is 15.1. The van der Waals surface area contributed by atoms with Crippen LogP contribution in [0.4, 0.5) is 0 Å². The van der Waals surface area contributed by atoms with Gasteiger partial charge in [-0.15, -0.1) is 0 Å². The first-order valence-electron chi connectivity index (χ1n) is 12.0. The van der Waals surface area contributed by atoms with Crippen molar-refractivity contribution in [3.05, 3.63) is 59.2 Å². The Morgan fingerprint density at radius 2 is 1.85 bits per heavy atom. The second kappa shape index (κ2) is 10.2. The Hall–Kier alpha value is -2.26. The summed E-state index contributed by atoms with van der Waals surface area (Å²) in [7, 11) is -1.89. The minimum Gasteiger partial charge on any atom is -0.381 e. The van der Waals surface area contributed by atoms with E-state index in [1.54, 1.807) is 0 Å². The Kier molecular flexibility index (Phi) is 7.42. The summed E-state index contributed by atoms with van der Waals surface area (Å²) in [5, 5.41) is 3.19. The molecule has 8 heteroatoms. The molecular formula is C26H35N3O4S. The lowest BCUT2D eigenvalue weighted by Gasteiger charge is -2.40. The lowest BCUT2D eigenvalue weighted by Crippen LogP contribution is -2.59. The zero-order chi connectivity index (χ0) is 24.3. The highest BCUT2D eigenvalue weighted by molar-refractivity contribution is 7.91. The Bertz CT molecular complexity index is 1130. The molecule has 2 heterocycles. The van der Waals surface area contributed by atoms with Crippen LogP contribution in [0.1, 0.15) is 48.3 Å². The molecule has 34 heavy (non-hydrogen) atoms. The van der Waals surface area contributed by atoms with E-state index >= 15 is 0 Å². The molecule has 0 radical (unpaired) electrons. The Morgan fingerprint density at radius 3 is 2.47 bits per heavy atom. The fourth-order valence-electron chi connectivity index (χ4n) is 5.33. The Morgan fingerprint density at radius 1 is 1.15 bits per heavy atom. The summed E-state index contributed by atoms with van der Waals surface area (Å²) >= 11 is 0. The Labute approximate surface area is 202 Å². The number of carbonyl (C=O) groups excluding carboxylic acids is 1. The molecule has 2 aliphatic heterocycles. The normalized spacial score (nSPS) is 19.7. The van der Waals surface area contributed by atoms with Crippen LogP contribution in [-0.2, 0) is 26.1 Å². The molecule has 2 aromatic rings. The molecule has 0 aromatic heterocycles. The van der Waals surface area contributed by atoms with Gasteiger partial charge in [-0.05, 0) is 66.6 Å². The summed E-state index contributed by atoms with van der Waals surface area (Å²) < 4.78 is 32.1. The van der Waals surface area contributed by atoms with E-state index < -0.39 is 20.7 Å². The summed E-state index contributed by atoms with van der Waals surface area (Å²) in [5.74, 6) is -0.475. The van der Waals surface area contributed by atoms with Gasteiger partial charge in [0.15, 0.2) is 4.75 Å². The molecule has 2 aromatic carbocycles. The van der Waals surface area contributed by atoms with Crippen molar-refractivity contribution in [1.29, 1.82) is 0 Å². The third-order valence-electron chi connectivity index (χ3n) is 7.38. The minimum atomic E-state index is -3.84. The van der Waals surface area contributed by atoms with Crippen molar-refractivity contribution in [3.8, 4) is 11.1 Å². The number of benzene rings is 2. The summed E-state index contributed by atoms with van der Waals surface area (Å²) in [6.07, 6.45) is 1.70. The number of ether oxygens (including phenoxy) is 1. The van der Waals surface area contributed by atoms with Crippen LogP contribution >= 0.6 is 0 Å². The molecule has 7 nitrogen and oxygen atoms in total. The number of carbonyl (C=O) groups is 1. The third kappa shape index (κ3) is 4.64. The highest BCUT2D eigenvalue weighted by Gasteiger charge is 2.53. The van der Waals surface area contributed by atoms with E-state index in [4.69, 9.17) is 10.5 Å². The van der Waals surface area contributed by atoms with Gasteiger partial charge < -0.3 is 15.8 Å². The number of amides is 1. The van der Waals surface area contributed by atoms with Crippen molar-refractivity contribution in [2.75, 3.05) is 33.4 Å². The van der Waals surface area contributed by atoms with Crippen LogP contribution in [0.2, 0.25) is 0 Å². The van der Waals surface area contributed by atoms with Gasteiger partial charge in [-0.1, -0.05) is 36.4 Å². The van der Waals surface area contributed by atoms with Crippen molar-refractivity contribution < 1.29 is 17.9 Å². The first-order valence-corrected chi connectivity index (χ1v) is 13.4. The van der Waals surface area contributed by atoms with E-state index in [0.717, 1.165) is 19.4 Å². The number of hydrogen-bond acceptors (Lipinski definition) is 5. The quantitative estimate of drug-likeness (QED) is 0.628. The van der Waals surface area contributed by atoms with Gasteiger partial charge in [0, 0.05) is 45.7 Å². The van der Waals surface area contributed by atoms with Crippen LogP contribution in [0, 0.1) is 6.92 Å². The molecule has 4 rings (SSSR count). The van der Waals surface area contributed by atoms with Gasteiger partial charge in [0.25, 0.3) is 0 Å². The molecule has 2 aliphatic rings. The molecule has 0 spiro atoms. The Balaban J connectivity index is 1.48. The maximum atomic E-state index is 13.4. The van der Waals surface area contributed by atoms with Gasteiger partial charge in [-0.3, -0.25) is 4.79 Å². The molecule has 184 valence electrons. The first-order chi connectivity index (χ1) is 16.3. The average molecular weight is 486 g/mol. The van der Waals surface area contributed by atoms with Crippen molar-refractivity contribution in [1.82, 2.24) is 9.62 Å². The largest absolute Gasteiger partial charge is 0.381 e. The molecule has 0 aliphatic carbocycles. The standard InChI is InChI=1S/C26H35N3O4S/c1-19-16-22(6-7-24(19)23-5-3-4-20(17-23)18-28-2)21-8-12-29(13-9-21)34(31,32)26(25(27)30)10-14-33-15-11-26/h3-7,16-17,21,28H,8-15,18H2,1-2H3,(H2,27,30). The zero-order valence-electron chi connectivity index (χ0n) is 20.0. The van der Waals surface area contributed by atoms with E-state index in [1.807, 2.05) is 7.05 Å². The third-order valence-corrected chi connectivity index (χ3v) is 10.0. The number of sulfonamides is 1. The highest BCUT2D eigenvalue weighted by Crippen LogP contribution is 2.37. The van der Waals surface area contributed by atoms with Gasteiger partial charge in [0.2, 0.25) is 15.9 Å². The average Bonchev–Trinajstić information content (AvgIpc) is 2.84. The lowest BCUT2D eigenvalue weighted by atomic mass is 9.87. The van der Waals surface area contributed by atoms with E-state index in [1.165, 1.54) is 32.1 Å². The monoisotopic (exact) mass is 485 g/mol. The van der Waals surface area contributed by atoms with Crippen molar-refractivity contribution >= 4 is 15.9 Å². The van der Waals surface area contributed by atoms with Crippen LogP contribution < -0.4 is 11.1 Å². The second-order valence-electron chi connectivity index (χ2n) is 9.45.